The van der Waals surface area contributed by atoms with E-state index in [2.05, 4.69) is 15.2 Å². The van der Waals surface area contributed by atoms with Crippen molar-refractivity contribution < 1.29 is 19.1 Å². The van der Waals surface area contributed by atoms with Crippen LogP contribution in [0.25, 0.3) is 21.8 Å². The van der Waals surface area contributed by atoms with Gasteiger partial charge in [0, 0.05) is 55.8 Å². The lowest BCUT2D eigenvalue weighted by Gasteiger charge is -2.23. The maximum atomic E-state index is 13.6. The largest absolute Gasteiger partial charge is 0.444 e. The molecule has 1 unspecified atom stereocenters. The highest BCUT2D eigenvalue weighted by molar-refractivity contribution is 6.04. The lowest BCUT2D eigenvalue weighted by molar-refractivity contribution is -0.118. The Morgan fingerprint density at radius 1 is 1.00 bits per heavy atom. The van der Waals surface area contributed by atoms with Crippen molar-refractivity contribution in [3.63, 3.8) is 0 Å². The Balaban J connectivity index is 1.62. The molecule has 2 aromatic heterocycles. The highest BCUT2D eigenvalue weighted by atomic mass is 16.6. The highest BCUT2D eigenvalue weighted by Crippen LogP contribution is 2.26. The first-order chi connectivity index (χ1) is 17.2. The Kier molecular flexibility index (Phi) is 7.35. The molecule has 190 valence electrons. The van der Waals surface area contributed by atoms with Crippen LogP contribution in [0.3, 0.4) is 0 Å². The molecule has 0 saturated carbocycles. The van der Waals surface area contributed by atoms with Crippen LogP contribution in [-0.2, 0) is 34.3 Å². The van der Waals surface area contributed by atoms with Crippen LogP contribution in [0.5, 0.6) is 0 Å². The molecule has 2 N–H and O–H groups in total. The van der Waals surface area contributed by atoms with Crippen molar-refractivity contribution in [1.29, 1.82) is 0 Å². The zero-order valence-corrected chi connectivity index (χ0v) is 21.5. The summed E-state index contributed by atoms with van der Waals surface area (Å²) in [5, 5.41) is 7.79. The minimum absolute atomic E-state index is 0.314. The second-order valence-electron chi connectivity index (χ2n) is 9.91. The molecule has 2 heterocycles. The maximum absolute atomic E-state index is 13.6. The van der Waals surface area contributed by atoms with Crippen molar-refractivity contribution in [1.82, 2.24) is 14.5 Å². The van der Waals surface area contributed by atoms with Crippen LogP contribution in [0.1, 0.15) is 26.3 Å². The molecule has 0 aliphatic rings. The molecule has 0 fully saturated rings. The number of carbonyl (C=O) groups is 2. The van der Waals surface area contributed by atoms with Gasteiger partial charge in [-0.05, 0) is 50.6 Å². The standard InChI is InChI=1S/C28H34N4O4/c1-28(2,3)36-27(34)30-23(17-19-18-31(4)24-11-7-6-9-20(19)24)26(33)29-22-10-8-12-25-21(22)13-14-32(25)15-16-35-5/h6-14,18,23H,15-17H2,1-5H3,(H,29,33)(H,30,34). The zero-order valence-electron chi connectivity index (χ0n) is 21.5. The Bertz CT molecular complexity index is 1380. The van der Waals surface area contributed by atoms with Gasteiger partial charge in [-0.3, -0.25) is 4.79 Å². The molecule has 1 atom stereocenters. The van der Waals surface area contributed by atoms with E-state index in [9.17, 15) is 9.59 Å². The molecule has 2 aromatic carbocycles. The summed E-state index contributed by atoms with van der Waals surface area (Å²) in [6, 6.07) is 14.9. The van der Waals surface area contributed by atoms with Crippen molar-refractivity contribution in [2.45, 2.75) is 45.4 Å². The van der Waals surface area contributed by atoms with Gasteiger partial charge >= 0.3 is 6.09 Å². The summed E-state index contributed by atoms with van der Waals surface area (Å²) in [5.74, 6) is -0.314. The SMILES string of the molecule is COCCn1ccc2c(NC(=O)C(Cc3cn(C)c4ccccc34)NC(=O)OC(C)(C)C)cccc21. The van der Waals surface area contributed by atoms with E-state index in [1.165, 1.54) is 0 Å². The molecule has 0 aliphatic heterocycles. The van der Waals surface area contributed by atoms with Crippen molar-refractivity contribution in [2.24, 2.45) is 7.05 Å². The number of ether oxygens (including phenoxy) is 2. The molecule has 0 radical (unpaired) electrons. The fourth-order valence-corrected chi connectivity index (χ4v) is 4.40. The van der Waals surface area contributed by atoms with Crippen molar-refractivity contribution in [3.8, 4) is 0 Å². The number of aromatic nitrogens is 2. The zero-order chi connectivity index (χ0) is 25.9. The Morgan fingerprint density at radius 2 is 1.75 bits per heavy atom. The summed E-state index contributed by atoms with van der Waals surface area (Å²) in [5.41, 5.74) is 3.03. The number of para-hydroxylation sites is 1. The van der Waals surface area contributed by atoms with Crippen molar-refractivity contribution in [3.05, 3.63) is 66.5 Å². The van der Waals surface area contributed by atoms with Gasteiger partial charge in [-0.25, -0.2) is 4.79 Å². The number of rotatable bonds is 8. The second kappa shape index (κ2) is 10.5. The molecule has 36 heavy (non-hydrogen) atoms. The van der Waals surface area contributed by atoms with E-state index < -0.39 is 17.7 Å². The van der Waals surface area contributed by atoms with Crippen LogP contribution in [0.2, 0.25) is 0 Å². The van der Waals surface area contributed by atoms with Crippen LogP contribution in [0.4, 0.5) is 10.5 Å². The number of nitrogens with one attached hydrogen (secondary N) is 2. The summed E-state index contributed by atoms with van der Waals surface area (Å²) < 4.78 is 14.8. The number of methoxy groups -OCH3 is 1. The summed E-state index contributed by atoms with van der Waals surface area (Å²) in [4.78, 5) is 26.2. The Labute approximate surface area is 211 Å². The molecule has 0 spiro atoms. The molecular weight excluding hydrogens is 456 g/mol. The Morgan fingerprint density at radius 3 is 2.50 bits per heavy atom. The van der Waals surface area contributed by atoms with E-state index in [1.807, 2.05) is 72.5 Å². The lowest BCUT2D eigenvalue weighted by Crippen LogP contribution is -2.47. The normalized spacial score (nSPS) is 12.6. The number of aryl methyl sites for hydroxylation is 1. The molecule has 0 saturated heterocycles. The number of carbonyl (C=O) groups excluding carboxylic acids is 2. The third-order valence-corrected chi connectivity index (χ3v) is 6.02. The lowest BCUT2D eigenvalue weighted by atomic mass is 10.0. The van der Waals surface area contributed by atoms with E-state index in [-0.39, 0.29) is 5.91 Å². The average molecular weight is 491 g/mol. The molecule has 0 aliphatic carbocycles. The molecule has 4 rings (SSSR count). The number of alkyl carbamates (subject to hydrolysis) is 1. The predicted octanol–water partition coefficient (Wildman–Crippen LogP) is 4.85. The summed E-state index contributed by atoms with van der Waals surface area (Å²) in [6.07, 6.45) is 3.66. The van der Waals surface area contributed by atoms with Crippen molar-refractivity contribution in [2.75, 3.05) is 19.0 Å². The van der Waals surface area contributed by atoms with Crippen LogP contribution < -0.4 is 10.6 Å². The molecule has 2 amide bonds. The van der Waals surface area contributed by atoms with Gasteiger partial charge in [-0.1, -0.05) is 24.3 Å². The first-order valence-electron chi connectivity index (χ1n) is 12.1. The number of hydrogen-bond acceptors (Lipinski definition) is 4. The van der Waals surface area contributed by atoms with E-state index in [1.54, 1.807) is 27.9 Å². The number of nitrogens with zero attached hydrogens (tertiary/aromatic N) is 2. The second-order valence-corrected chi connectivity index (χ2v) is 9.91. The van der Waals surface area contributed by atoms with E-state index in [0.717, 1.165) is 27.4 Å². The van der Waals surface area contributed by atoms with Gasteiger partial charge in [-0.2, -0.15) is 0 Å². The number of fused-ring (bicyclic) bond motifs is 2. The van der Waals surface area contributed by atoms with Crippen LogP contribution >= 0.6 is 0 Å². The summed E-state index contributed by atoms with van der Waals surface area (Å²) in [7, 11) is 3.64. The predicted molar refractivity (Wildman–Crippen MR) is 142 cm³/mol. The van der Waals surface area contributed by atoms with E-state index in [4.69, 9.17) is 9.47 Å². The molecule has 8 heteroatoms. The van der Waals surface area contributed by atoms with Crippen LogP contribution in [0, 0.1) is 0 Å². The fourth-order valence-electron chi connectivity index (χ4n) is 4.40. The van der Waals surface area contributed by atoms with Gasteiger partial charge < -0.3 is 29.2 Å². The first kappa shape index (κ1) is 25.3. The number of benzene rings is 2. The molecular formula is C28H34N4O4. The van der Waals surface area contributed by atoms with Gasteiger partial charge in [0.2, 0.25) is 5.91 Å². The molecule has 4 aromatic rings. The van der Waals surface area contributed by atoms with Gasteiger partial charge in [0.15, 0.2) is 0 Å². The quantitative estimate of drug-likeness (QED) is 0.370. The van der Waals surface area contributed by atoms with E-state index >= 15 is 0 Å². The molecule has 0 bridgehead atoms. The number of hydrogen-bond donors (Lipinski definition) is 2. The van der Waals surface area contributed by atoms with Gasteiger partial charge in [0.25, 0.3) is 0 Å². The highest BCUT2D eigenvalue weighted by Gasteiger charge is 2.26. The first-order valence-corrected chi connectivity index (χ1v) is 12.1. The fraction of sp³-hybridized carbons (Fsp3) is 0.357. The molecule has 8 nitrogen and oxygen atoms in total. The van der Waals surface area contributed by atoms with E-state index in [0.29, 0.717) is 25.3 Å². The third kappa shape index (κ3) is 5.71. The average Bonchev–Trinajstić information content (AvgIpc) is 3.38. The monoisotopic (exact) mass is 490 g/mol. The minimum atomic E-state index is -0.837. The summed E-state index contributed by atoms with van der Waals surface area (Å²) >= 11 is 0. The Hall–Kier alpha value is -3.78. The minimum Gasteiger partial charge on any atom is -0.444 e. The van der Waals surface area contributed by atoms with Gasteiger partial charge in [0.05, 0.1) is 17.8 Å². The third-order valence-electron chi connectivity index (χ3n) is 6.02. The van der Waals surface area contributed by atoms with Crippen LogP contribution in [0.15, 0.2) is 60.9 Å². The smallest absolute Gasteiger partial charge is 0.408 e. The number of amides is 2. The van der Waals surface area contributed by atoms with Crippen LogP contribution in [-0.4, -0.2) is 46.5 Å². The van der Waals surface area contributed by atoms with Gasteiger partial charge in [-0.15, -0.1) is 0 Å². The van der Waals surface area contributed by atoms with Crippen molar-refractivity contribution >= 4 is 39.5 Å². The maximum Gasteiger partial charge on any atom is 0.408 e. The van der Waals surface area contributed by atoms with Gasteiger partial charge in [0.1, 0.15) is 11.6 Å². The summed E-state index contributed by atoms with van der Waals surface area (Å²) in [6.45, 7) is 6.68. The topological polar surface area (TPSA) is 86.5 Å². The number of anilines is 1.